The van der Waals surface area contributed by atoms with E-state index in [4.69, 9.17) is 4.74 Å². The minimum absolute atomic E-state index is 0.0331. The van der Waals surface area contributed by atoms with Gasteiger partial charge in [0.15, 0.2) is 17.2 Å². The maximum absolute atomic E-state index is 14.1. The first-order valence-electron chi connectivity index (χ1n) is 13.0. The first-order chi connectivity index (χ1) is 20.4. The van der Waals surface area contributed by atoms with Gasteiger partial charge in [-0.3, -0.25) is 0 Å². The number of aromatic nitrogens is 4. The van der Waals surface area contributed by atoms with Gasteiger partial charge in [-0.1, -0.05) is 18.2 Å². The van der Waals surface area contributed by atoms with Crippen LogP contribution in [0.4, 0.5) is 27.8 Å². The number of carboxylic acids is 1. The lowest BCUT2D eigenvalue weighted by atomic mass is 10.0. The summed E-state index contributed by atoms with van der Waals surface area (Å²) < 4.78 is 85.0. The number of hydrogen-bond acceptors (Lipinski definition) is 8. The number of ether oxygens (including phenoxy) is 3. The predicted octanol–water partition coefficient (Wildman–Crippen LogP) is 5.79. The summed E-state index contributed by atoms with van der Waals surface area (Å²) in [6, 6.07) is 11.6. The summed E-state index contributed by atoms with van der Waals surface area (Å²) in [6.45, 7) is 2.26. The fraction of sp³-hybridized carbons (Fsp3) is 0.286. The molecule has 0 amide bonds. The van der Waals surface area contributed by atoms with E-state index < -0.39 is 30.2 Å². The van der Waals surface area contributed by atoms with Gasteiger partial charge in [0.05, 0.1) is 17.4 Å². The number of fused-ring (bicyclic) bond motifs is 2. The minimum Gasteiger partial charge on any atom is -0.478 e. The molecule has 4 heterocycles. The molecule has 6 rings (SSSR count). The summed E-state index contributed by atoms with van der Waals surface area (Å²) in [6.07, 6.45) is -7.38. The molecule has 2 aromatic heterocycles. The second-order valence-corrected chi connectivity index (χ2v) is 9.97. The molecule has 10 nitrogen and oxygen atoms in total. The predicted molar refractivity (Wildman–Crippen MR) is 139 cm³/mol. The monoisotopic (exact) mass is 603 g/mol. The molecule has 2 aromatic carbocycles. The van der Waals surface area contributed by atoms with E-state index in [0.29, 0.717) is 24.1 Å². The van der Waals surface area contributed by atoms with Crippen LogP contribution in [0.1, 0.15) is 52.2 Å². The Morgan fingerprint density at radius 2 is 1.86 bits per heavy atom. The summed E-state index contributed by atoms with van der Waals surface area (Å²) in [5.74, 6) is -1.20. The molecule has 0 fully saturated rings. The van der Waals surface area contributed by atoms with Crippen molar-refractivity contribution in [2.75, 3.05) is 11.4 Å². The van der Waals surface area contributed by atoms with Gasteiger partial charge in [0.1, 0.15) is 11.9 Å². The number of hydrogen-bond donors (Lipinski definition) is 1. The van der Waals surface area contributed by atoms with Gasteiger partial charge in [-0.15, -0.1) is 13.9 Å². The van der Waals surface area contributed by atoms with E-state index in [1.807, 2.05) is 0 Å². The van der Waals surface area contributed by atoms with Gasteiger partial charge in [0.25, 0.3) is 0 Å². The van der Waals surface area contributed by atoms with Crippen molar-refractivity contribution in [1.82, 2.24) is 20.0 Å². The largest absolute Gasteiger partial charge is 0.586 e. The Hall–Kier alpha value is -4.95. The third kappa shape index (κ3) is 5.61. The van der Waals surface area contributed by atoms with E-state index >= 15 is 0 Å². The highest BCUT2D eigenvalue weighted by atomic mass is 19.4. The number of aromatic carboxylic acids is 1. The average molecular weight is 604 g/mol. The summed E-state index contributed by atoms with van der Waals surface area (Å²) in [4.78, 5) is 13.0. The first-order valence-corrected chi connectivity index (χ1v) is 13.0. The molecule has 1 atom stereocenters. The molecule has 1 N–H and O–H groups in total. The number of benzene rings is 2. The zero-order chi connectivity index (χ0) is 30.5. The average Bonchev–Trinajstić information content (AvgIpc) is 3.50. The van der Waals surface area contributed by atoms with E-state index in [2.05, 4.69) is 24.8 Å². The van der Waals surface area contributed by atoms with Gasteiger partial charge in [-0.05, 0) is 55.2 Å². The summed E-state index contributed by atoms with van der Waals surface area (Å²) >= 11 is 0. The highest BCUT2D eigenvalue weighted by molar-refractivity contribution is 5.87. The molecule has 0 bridgehead atoms. The van der Waals surface area contributed by atoms with Crippen LogP contribution in [0.25, 0.3) is 5.69 Å². The number of rotatable bonds is 7. The Morgan fingerprint density at radius 3 is 2.58 bits per heavy atom. The highest BCUT2D eigenvalue weighted by Crippen LogP contribution is 2.43. The van der Waals surface area contributed by atoms with E-state index in [-0.39, 0.29) is 53.0 Å². The van der Waals surface area contributed by atoms with Crippen molar-refractivity contribution in [3.8, 4) is 23.1 Å². The van der Waals surface area contributed by atoms with Crippen LogP contribution in [-0.4, -0.2) is 43.9 Å². The Bertz CT molecular complexity index is 1690. The minimum atomic E-state index is -4.72. The molecule has 43 heavy (non-hydrogen) atoms. The first kappa shape index (κ1) is 28.2. The molecular formula is C28H22F5N5O5. The third-order valence-corrected chi connectivity index (χ3v) is 7.01. The van der Waals surface area contributed by atoms with E-state index in [1.54, 1.807) is 24.0 Å². The zero-order valence-electron chi connectivity index (χ0n) is 22.3. The van der Waals surface area contributed by atoms with E-state index in [9.17, 15) is 31.9 Å². The number of anilines is 1. The second-order valence-electron chi connectivity index (χ2n) is 9.97. The van der Waals surface area contributed by atoms with Gasteiger partial charge in [-0.2, -0.15) is 23.4 Å². The van der Waals surface area contributed by atoms with Crippen LogP contribution in [0.2, 0.25) is 0 Å². The molecular weight excluding hydrogens is 581 g/mol. The lowest BCUT2D eigenvalue weighted by molar-refractivity contribution is -0.286. The Labute approximate surface area is 240 Å². The summed E-state index contributed by atoms with van der Waals surface area (Å²) in [7, 11) is 0. The maximum atomic E-state index is 14.1. The number of carboxylic acid groups (broad SMARTS) is 1. The van der Waals surface area contributed by atoms with Crippen LogP contribution in [-0.2, 0) is 19.1 Å². The van der Waals surface area contributed by atoms with Gasteiger partial charge in [0, 0.05) is 24.7 Å². The zero-order valence-corrected chi connectivity index (χ0v) is 22.3. The molecule has 2 aliphatic rings. The molecule has 0 spiro atoms. The molecule has 0 saturated heterocycles. The molecule has 0 aliphatic carbocycles. The molecule has 0 saturated carbocycles. The fourth-order valence-electron chi connectivity index (χ4n) is 5.06. The van der Waals surface area contributed by atoms with Crippen LogP contribution >= 0.6 is 0 Å². The van der Waals surface area contributed by atoms with Gasteiger partial charge in [-0.25, -0.2) is 9.48 Å². The van der Waals surface area contributed by atoms with Crippen molar-refractivity contribution >= 4 is 11.8 Å². The normalized spacial score (nSPS) is 16.1. The highest BCUT2D eigenvalue weighted by Gasteiger charge is 2.44. The number of halogens is 5. The Kier molecular flexibility index (Phi) is 6.81. The maximum Gasteiger partial charge on any atom is 0.586 e. The molecule has 15 heteroatoms. The Morgan fingerprint density at radius 1 is 1.12 bits per heavy atom. The van der Waals surface area contributed by atoms with E-state index in [0.717, 1.165) is 4.68 Å². The van der Waals surface area contributed by atoms with Crippen molar-refractivity contribution in [2.45, 2.75) is 44.9 Å². The van der Waals surface area contributed by atoms with Gasteiger partial charge >= 0.3 is 18.4 Å². The SMILES string of the molecule is C[C@H](Oc1cc(-n2nc(C(F)(F)F)c3c2N(Cc2ccc(C(=O)O)cc2)CCC3)cnn1)c1ccc2c(c1)OC(F)(F)O2. The number of nitrogens with zero attached hydrogens (tertiary/aromatic N) is 5. The molecule has 224 valence electrons. The molecule has 4 aromatic rings. The number of alkyl halides is 5. The lowest BCUT2D eigenvalue weighted by Gasteiger charge is -2.30. The van der Waals surface area contributed by atoms with E-state index in [1.165, 1.54) is 42.6 Å². The standard InChI is InChI=1S/C28H22F5N5O5/c1-15(18-8-9-21-22(11-18)43-28(32,33)42-21)41-23-12-19(13-34-35-23)38-25-20(24(36-38)27(29,30)31)3-2-10-37(25)14-16-4-6-17(7-5-16)26(39)40/h4-9,11-13,15H,2-3,10,14H2,1H3,(H,39,40)/t15-/m0/s1. The fourth-order valence-corrected chi connectivity index (χ4v) is 5.06. The summed E-state index contributed by atoms with van der Waals surface area (Å²) in [5, 5.41) is 21.0. The smallest absolute Gasteiger partial charge is 0.478 e. The van der Waals surface area contributed by atoms with Crippen LogP contribution in [0.5, 0.6) is 17.4 Å². The third-order valence-electron chi connectivity index (χ3n) is 7.01. The molecule has 0 unspecified atom stereocenters. The molecule has 0 radical (unpaired) electrons. The van der Waals surface area contributed by atoms with Gasteiger partial charge in [0.2, 0.25) is 5.88 Å². The number of carbonyl (C=O) groups is 1. The van der Waals surface area contributed by atoms with Crippen molar-refractivity contribution in [3.05, 3.63) is 82.7 Å². The van der Waals surface area contributed by atoms with Crippen LogP contribution in [0.3, 0.4) is 0 Å². The lowest BCUT2D eigenvalue weighted by Crippen LogP contribution is -2.31. The van der Waals surface area contributed by atoms with Gasteiger partial charge < -0.3 is 24.2 Å². The summed E-state index contributed by atoms with van der Waals surface area (Å²) in [5.41, 5.74) is 0.414. The quantitative estimate of drug-likeness (QED) is 0.262. The second kappa shape index (κ2) is 10.4. The van der Waals surface area contributed by atoms with Crippen LogP contribution in [0.15, 0.2) is 54.7 Å². The van der Waals surface area contributed by atoms with Crippen molar-refractivity contribution < 1.29 is 46.1 Å². The topological polar surface area (TPSA) is 112 Å². The Balaban J connectivity index is 1.31. The van der Waals surface area contributed by atoms with Crippen LogP contribution < -0.4 is 19.1 Å². The van der Waals surface area contributed by atoms with Crippen molar-refractivity contribution in [2.24, 2.45) is 0 Å². The van der Waals surface area contributed by atoms with Crippen molar-refractivity contribution in [3.63, 3.8) is 0 Å². The van der Waals surface area contributed by atoms with Crippen molar-refractivity contribution in [1.29, 1.82) is 0 Å². The molecule has 2 aliphatic heterocycles. The van der Waals surface area contributed by atoms with Crippen LogP contribution in [0, 0.1) is 0 Å².